The summed E-state index contributed by atoms with van der Waals surface area (Å²) < 4.78 is 0. The van der Waals surface area contributed by atoms with Crippen LogP contribution < -0.4 is 5.32 Å². The van der Waals surface area contributed by atoms with Crippen molar-refractivity contribution < 1.29 is 15.0 Å². The molecule has 0 saturated heterocycles. The summed E-state index contributed by atoms with van der Waals surface area (Å²) in [4.78, 5) is 10.6. The second-order valence-corrected chi connectivity index (χ2v) is 3.08. The lowest BCUT2D eigenvalue weighted by Crippen LogP contribution is -2.26. The van der Waals surface area contributed by atoms with Gasteiger partial charge in [0.05, 0.1) is 0 Å². The molecule has 0 aromatic heterocycles. The average Bonchev–Trinajstić information content (AvgIpc) is 2.46. The van der Waals surface area contributed by atoms with Crippen molar-refractivity contribution in [3.63, 3.8) is 0 Å². The van der Waals surface area contributed by atoms with Crippen LogP contribution in [0.25, 0.3) is 0 Å². The normalized spacial score (nSPS) is 19.2. The Labute approximate surface area is 74.8 Å². The molecular formula is C9H9NO3. The van der Waals surface area contributed by atoms with E-state index < -0.39 is 12.0 Å². The van der Waals surface area contributed by atoms with Gasteiger partial charge in [0.1, 0.15) is 11.8 Å². The lowest BCUT2D eigenvalue weighted by molar-refractivity contribution is -0.137. The van der Waals surface area contributed by atoms with Gasteiger partial charge in [0.25, 0.3) is 0 Å². The van der Waals surface area contributed by atoms with E-state index >= 15 is 0 Å². The number of benzene rings is 1. The number of hydrogen-bond acceptors (Lipinski definition) is 3. The highest BCUT2D eigenvalue weighted by molar-refractivity contribution is 5.81. The molecule has 0 fully saturated rings. The van der Waals surface area contributed by atoms with Crippen LogP contribution in [0.4, 0.5) is 5.69 Å². The molecule has 1 aromatic rings. The van der Waals surface area contributed by atoms with Crippen LogP contribution in [0.5, 0.6) is 5.75 Å². The Hall–Kier alpha value is -1.71. The summed E-state index contributed by atoms with van der Waals surface area (Å²) in [6.45, 7) is 0. The number of nitrogens with one attached hydrogen (secondary N) is 1. The smallest absolute Gasteiger partial charge is 0.326 e. The van der Waals surface area contributed by atoms with E-state index in [-0.39, 0.29) is 5.75 Å². The number of phenols is 1. The van der Waals surface area contributed by atoms with Crippen LogP contribution in [0.1, 0.15) is 5.56 Å². The number of carbonyl (C=O) groups is 1. The fourth-order valence-corrected chi connectivity index (χ4v) is 1.50. The zero-order chi connectivity index (χ0) is 9.42. The summed E-state index contributed by atoms with van der Waals surface area (Å²) in [6, 6.07) is 4.26. The maximum Gasteiger partial charge on any atom is 0.326 e. The molecule has 3 N–H and O–H groups in total. The summed E-state index contributed by atoms with van der Waals surface area (Å²) in [7, 11) is 0. The Morgan fingerprint density at radius 3 is 3.00 bits per heavy atom. The van der Waals surface area contributed by atoms with Crippen molar-refractivity contribution >= 4 is 11.7 Å². The van der Waals surface area contributed by atoms with Gasteiger partial charge in [0, 0.05) is 12.1 Å². The van der Waals surface area contributed by atoms with Gasteiger partial charge in [-0.25, -0.2) is 4.79 Å². The SMILES string of the molecule is O=C(O)C1Cc2cc(O)ccc2N1. The first-order chi connectivity index (χ1) is 6.16. The number of aromatic hydroxyl groups is 1. The van der Waals surface area contributed by atoms with Crippen LogP contribution in [0.2, 0.25) is 0 Å². The number of aliphatic carboxylic acids is 1. The summed E-state index contributed by atoms with van der Waals surface area (Å²) in [6.07, 6.45) is 0.430. The molecule has 1 heterocycles. The number of phenolic OH excluding ortho intramolecular Hbond substituents is 1. The monoisotopic (exact) mass is 179 g/mol. The predicted octanol–water partition coefficient (Wildman–Crippen LogP) is 0.813. The van der Waals surface area contributed by atoms with E-state index in [2.05, 4.69) is 5.32 Å². The molecular weight excluding hydrogens is 170 g/mol. The summed E-state index contributed by atoms with van der Waals surface area (Å²) in [5, 5.41) is 20.7. The first-order valence-electron chi connectivity index (χ1n) is 3.98. The van der Waals surface area contributed by atoms with Crippen LogP contribution in [-0.2, 0) is 11.2 Å². The Kier molecular flexibility index (Phi) is 1.62. The Balaban J connectivity index is 2.30. The van der Waals surface area contributed by atoms with E-state index in [1.54, 1.807) is 12.1 Å². The van der Waals surface area contributed by atoms with E-state index in [1.807, 2.05) is 0 Å². The van der Waals surface area contributed by atoms with Crippen LogP contribution in [0, 0.1) is 0 Å². The molecule has 0 spiro atoms. The minimum Gasteiger partial charge on any atom is -0.508 e. The maximum absolute atomic E-state index is 10.6. The van der Waals surface area contributed by atoms with E-state index in [1.165, 1.54) is 6.07 Å². The van der Waals surface area contributed by atoms with E-state index in [0.29, 0.717) is 6.42 Å². The third kappa shape index (κ3) is 1.30. The molecule has 0 amide bonds. The fraction of sp³-hybridized carbons (Fsp3) is 0.222. The molecule has 68 valence electrons. The van der Waals surface area contributed by atoms with Crippen molar-refractivity contribution in [3.05, 3.63) is 23.8 Å². The minimum atomic E-state index is -0.865. The van der Waals surface area contributed by atoms with Crippen LogP contribution in [0.15, 0.2) is 18.2 Å². The second-order valence-electron chi connectivity index (χ2n) is 3.08. The molecule has 2 rings (SSSR count). The van der Waals surface area contributed by atoms with Gasteiger partial charge in [-0.3, -0.25) is 0 Å². The van der Waals surface area contributed by atoms with Gasteiger partial charge in [-0.1, -0.05) is 0 Å². The largest absolute Gasteiger partial charge is 0.508 e. The van der Waals surface area contributed by atoms with Gasteiger partial charge in [0.2, 0.25) is 0 Å². The molecule has 4 nitrogen and oxygen atoms in total. The highest BCUT2D eigenvalue weighted by atomic mass is 16.4. The lowest BCUT2D eigenvalue weighted by atomic mass is 10.1. The molecule has 1 aliphatic heterocycles. The molecule has 0 aliphatic carbocycles. The van der Waals surface area contributed by atoms with Gasteiger partial charge >= 0.3 is 5.97 Å². The highest BCUT2D eigenvalue weighted by Crippen LogP contribution is 2.28. The zero-order valence-corrected chi connectivity index (χ0v) is 6.82. The fourth-order valence-electron chi connectivity index (χ4n) is 1.50. The molecule has 1 atom stereocenters. The van der Waals surface area contributed by atoms with Crippen molar-refractivity contribution in [1.29, 1.82) is 0 Å². The second kappa shape index (κ2) is 2.65. The first kappa shape index (κ1) is 7.91. The van der Waals surface area contributed by atoms with Crippen molar-refractivity contribution in [2.75, 3.05) is 5.32 Å². The minimum absolute atomic E-state index is 0.173. The number of fused-ring (bicyclic) bond motifs is 1. The first-order valence-corrected chi connectivity index (χ1v) is 3.98. The van der Waals surface area contributed by atoms with Gasteiger partial charge in [-0.15, -0.1) is 0 Å². The van der Waals surface area contributed by atoms with Crippen molar-refractivity contribution in [2.24, 2.45) is 0 Å². The number of carboxylic acid groups (broad SMARTS) is 1. The number of anilines is 1. The zero-order valence-electron chi connectivity index (χ0n) is 6.82. The summed E-state index contributed by atoms with van der Waals surface area (Å²) in [5.74, 6) is -0.692. The molecule has 0 bridgehead atoms. The van der Waals surface area contributed by atoms with Crippen LogP contribution >= 0.6 is 0 Å². The molecule has 1 aliphatic rings. The molecule has 0 saturated carbocycles. The van der Waals surface area contributed by atoms with E-state index in [9.17, 15) is 4.79 Å². The Morgan fingerprint density at radius 1 is 1.54 bits per heavy atom. The topological polar surface area (TPSA) is 69.6 Å². The third-order valence-corrected chi connectivity index (χ3v) is 2.14. The quantitative estimate of drug-likeness (QED) is 0.558. The molecule has 4 heteroatoms. The highest BCUT2D eigenvalue weighted by Gasteiger charge is 2.26. The van der Waals surface area contributed by atoms with Crippen molar-refractivity contribution in [1.82, 2.24) is 0 Å². The lowest BCUT2D eigenvalue weighted by Gasteiger charge is -2.03. The van der Waals surface area contributed by atoms with Crippen LogP contribution in [-0.4, -0.2) is 22.2 Å². The van der Waals surface area contributed by atoms with E-state index in [4.69, 9.17) is 10.2 Å². The maximum atomic E-state index is 10.6. The Morgan fingerprint density at radius 2 is 2.31 bits per heavy atom. The van der Waals surface area contributed by atoms with Gasteiger partial charge in [-0.2, -0.15) is 0 Å². The van der Waals surface area contributed by atoms with Gasteiger partial charge in [-0.05, 0) is 23.8 Å². The van der Waals surface area contributed by atoms with Crippen molar-refractivity contribution in [2.45, 2.75) is 12.5 Å². The van der Waals surface area contributed by atoms with Crippen LogP contribution in [0.3, 0.4) is 0 Å². The number of carboxylic acids is 1. The molecule has 13 heavy (non-hydrogen) atoms. The van der Waals surface area contributed by atoms with E-state index in [0.717, 1.165) is 11.3 Å². The van der Waals surface area contributed by atoms with Gasteiger partial charge < -0.3 is 15.5 Å². The average molecular weight is 179 g/mol. The number of rotatable bonds is 1. The Bertz CT molecular complexity index is 362. The summed E-state index contributed by atoms with van der Waals surface area (Å²) in [5.41, 5.74) is 1.65. The predicted molar refractivity (Wildman–Crippen MR) is 46.9 cm³/mol. The van der Waals surface area contributed by atoms with Crippen molar-refractivity contribution in [3.8, 4) is 5.75 Å². The standard InChI is InChI=1S/C9H9NO3/c11-6-1-2-7-5(3-6)4-8(10-7)9(12)13/h1-3,8,10-11H,4H2,(H,12,13). The molecule has 1 unspecified atom stereocenters. The van der Waals surface area contributed by atoms with Gasteiger partial charge in [0.15, 0.2) is 0 Å². The third-order valence-electron chi connectivity index (χ3n) is 2.14. The summed E-state index contributed by atoms with van der Waals surface area (Å²) >= 11 is 0. The molecule has 1 aromatic carbocycles. The number of hydrogen-bond donors (Lipinski definition) is 3. The molecule has 0 radical (unpaired) electrons.